The Morgan fingerprint density at radius 3 is 2.88 bits per heavy atom. The molecule has 0 aliphatic heterocycles. The highest BCUT2D eigenvalue weighted by molar-refractivity contribution is 5.08. The van der Waals surface area contributed by atoms with Crippen molar-refractivity contribution in [2.45, 2.75) is 19.3 Å². The predicted molar refractivity (Wildman–Crippen MR) is 68.6 cm³/mol. The van der Waals surface area contributed by atoms with Gasteiger partial charge in [0.1, 0.15) is 0 Å². The van der Waals surface area contributed by atoms with Gasteiger partial charge in [-0.25, -0.2) is 0 Å². The van der Waals surface area contributed by atoms with Crippen molar-refractivity contribution in [1.29, 1.82) is 0 Å². The molecule has 1 aromatic rings. The van der Waals surface area contributed by atoms with Crippen molar-refractivity contribution in [2.75, 3.05) is 33.7 Å². The normalized spacial score (nSPS) is 10.9. The minimum atomic E-state index is 1.09. The molecule has 0 spiro atoms. The van der Waals surface area contributed by atoms with Crippen LogP contribution in [0.5, 0.6) is 0 Å². The van der Waals surface area contributed by atoms with Crippen LogP contribution in [0.3, 0.4) is 0 Å². The number of rotatable bonds is 8. The Bertz CT molecular complexity index is 261. The van der Waals surface area contributed by atoms with E-state index in [0.29, 0.717) is 0 Å². The molecule has 0 amide bonds. The third-order valence-electron chi connectivity index (χ3n) is 2.72. The van der Waals surface area contributed by atoms with Crippen LogP contribution in [0, 0.1) is 0 Å². The standard InChI is InChI=1S/C13H23N3/c1-14-8-3-4-10-16(2)11-7-13-6-5-9-15-12-13/h5-6,9,12,14H,3-4,7-8,10-11H2,1-2H3. The number of hydrogen-bond donors (Lipinski definition) is 1. The summed E-state index contributed by atoms with van der Waals surface area (Å²) in [5.41, 5.74) is 1.32. The summed E-state index contributed by atoms with van der Waals surface area (Å²) in [6.45, 7) is 3.42. The van der Waals surface area contributed by atoms with Crippen LogP contribution in [0.15, 0.2) is 24.5 Å². The minimum Gasteiger partial charge on any atom is -0.320 e. The first kappa shape index (κ1) is 13.1. The molecule has 1 aromatic heterocycles. The summed E-state index contributed by atoms with van der Waals surface area (Å²) in [5, 5.41) is 3.17. The molecule has 0 unspecified atom stereocenters. The molecule has 0 radical (unpaired) electrons. The molecule has 90 valence electrons. The van der Waals surface area contributed by atoms with Crippen LogP contribution in [0.1, 0.15) is 18.4 Å². The Kier molecular flexibility index (Phi) is 6.77. The molecule has 3 nitrogen and oxygen atoms in total. The first-order valence-corrected chi connectivity index (χ1v) is 6.05. The average molecular weight is 221 g/mol. The van der Waals surface area contributed by atoms with E-state index in [4.69, 9.17) is 0 Å². The lowest BCUT2D eigenvalue weighted by Crippen LogP contribution is -2.23. The third-order valence-corrected chi connectivity index (χ3v) is 2.72. The van der Waals surface area contributed by atoms with E-state index in [1.807, 2.05) is 25.5 Å². The smallest absolute Gasteiger partial charge is 0.0300 e. The Morgan fingerprint density at radius 2 is 2.19 bits per heavy atom. The van der Waals surface area contributed by atoms with E-state index >= 15 is 0 Å². The molecule has 1 N–H and O–H groups in total. The summed E-state index contributed by atoms with van der Waals surface area (Å²) in [4.78, 5) is 6.51. The zero-order chi connectivity index (χ0) is 11.6. The zero-order valence-electron chi connectivity index (χ0n) is 10.4. The van der Waals surface area contributed by atoms with Gasteiger partial charge in [0.2, 0.25) is 0 Å². The summed E-state index contributed by atoms with van der Waals surface area (Å²) in [5.74, 6) is 0. The predicted octanol–water partition coefficient (Wildman–Crippen LogP) is 1.56. The lowest BCUT2D eigenvalue weighted by Gasteiger charge is -2.16. The molecule has 0 fully saturated rings. The highest BCUT2D eigenvalue weighted by atomic mass is 15.1. The summed E-state index contributed by atoms with van der Waals surface area (Å²) < 4.78 is 0. The number of unbranched alkanes of at least 4 members (excludes halogenated alkanes) is 1. The maximum absolute atomic E-state index is 4.12. The highest BCUT2D eigenvalue weighted by Crippen LogP contribution is 1.99. The van der Waals surface area contributed by atoms with E-state index in [0.717, 1.165) is 19.5 Å². The maximum Gasteiger partial charge on any atom is 0.0300 e. The van der Waals surface area contributed by atoms with Gasteiger partial charge in [-0.05, 0) is 58.1 Å². The second kappa shape index (κ2) is 8.25. The second-order valence-electron chi connectivity index (χ2n) is 4.23. The molecule has 0 bridgehead atoms. The Hall–Kier alpha value is -0.930. The molecule has 1 heterocycles. The molecule has 0 aliphatic carbocycles. The fourth-order valence-corrected chi connectivity index (χ4v) is 1.66. The molecular weight excluding hydrogens is 198 g/mol. The van der Waals surface area contributed by atoms with E-state index < -0.39 is 0 Å². The topological polar surface area (TPSA) is 28.2 Å². The fraction of sp³-hybridized carbons (Fsp3) is 0.615. The van der Waals surface area contributed by atoms with E-state index in [1.54, 1.807) is 0 Å². The van der Waals surface area contributed by atoms with Crippen molar-refractivity contribution >= 4 is 0 Å². The van der Waals surface area contributed by atoms with Crippen LogP contribution in [0.4, 0.5) is 0 Å². The van der Waals surface area contributed by atoms with Crippen LogP contribution < -0.4 is 5.32 Å². The van der Waals surface area contributed by atoms with Crippen molar-refractivity contribution in [3.63, 3.8) is 0 Å². The van der Waals surface area contributed by atoms with Gasteiger partial charge in [-0.15, -0.1) is 0 Å². The molecule has 0 aromatic carbocycles. The average Bonchev–Trinajstić information content (AvgIpc) is 2.33. The first-order chi connectivity index (χ1) is 7.83. The summed E-state index contributed by atoms with van der Waals surface area (Å²) in [6, 6.07) is 4.14. The van der Waals surface area contributed by atoms with Gasteiger partial charge < -0.3 is 10.2 Å². The van der Waals surface area contributed by atoms with Crippen molar-refractivity contribution in [3.8, 4) is 0 Å². The lowest BCUT2D eigenvalue weighted by molar-refractivity contribution is 0.329. The third kappa shape index (κ3) is 5.83. The number of likely N-dealkylation sites (N-methyl/N-ethyl adjacent to an activating group) is 1. The molecule has 0 atom stereocenters. The van der Waals surface area contributed by atoms with Gasteiger partial charge >= 0.3 is 0 Å². The van der Waals surface area contributed by atoms with Crippen LogP contribution in [-0.4, -0.2) is 43.6 Å². The van der Waals surface area contributed by atoms with E-state index in [2.05, 4.69) is 28.3 Å². The molecule has 0 saturated heterocycles. The van der Waals surface area contributed by atoms with Crippen LogP contribution in [0.2, 0.25) is 0 Å². The summed E-state index contributed by atoms with van der Waals surface area (Å²) in [6.07, 6.45) is 7.40. The molecule has 0 saturated carbocycles. The van der Waals surface area contributed by atoms with Gasteiger partial charge in [0.25, 0.3) is 0 Å². The monoisotopic (exact) mass is 221 g/mol. The van der Waals surface area contributed by atoms with Gasteiger partial charge in [-0.1, -0.05) is 6.07 Å². The van der Waals surface area contributed by atoms with Crippen molar-refractivity contribution in [2.24, 2.45) is 0 Å². The largest absolute Gasteiger partial charge is 0.320 e. The van der Waals surface area contributed by atoms with Crippen molar-refractivity contribution < 1.29 is 0 Å². The van der Waals surface area contributed by atoms with Gasteiger partial charge in [-0.3, -0.25) is 4.98 Å². The van der Waals surface area contributed by atoms with Gasteiger partial charge in [-0.2, -0.15) is 0 Å². The number of nitrogens with one attached hydrogen (secondary N) is 1. The number of nitrogens with zero attached hydrogens (tertiary/aromatic N) is 2. The SMILES string of the molecule is CNCCCCN(C)CCc1cccnc1. The Labute approximate surface area is 98.9 Å². The molecule has 3 heteroatoms. The highest BCUT2D eigenvalue weighted by Gasteiger charge is 1.99. The van der Waals surface area contributed by atoms with E-state index in [-0.39, 0.29) is 0 Å². The molecule has 0 aliphatic rings. The number of hydrogen-bond acceptors (Lipinski definition) is 3. The van der Waals surface area contributed by atoms with Gasteiger partial charge in [0, 0.05) is 18.9 Å². The number of pyridine rings is 1. The maximum atomic E-state index is 4.12. The molecular formula is C13H23N3. The lowest BCUT2D eigenvalue weighted by atomic mass is 10.2. The van der Waals surface area contributed by atoms with Crippen LogP contribution >= 0.6 is 0 Å². The van der Waals surface area contributed by atoms with Gasteiger partial charge in [0.05, 0.1) is 0 Å². The molecule has 16 heavy (non-hydrogen) atoms. The fourth-order valence-electron chi connectivity index (χ4n) is 1.66. The minimum absolute atomic E-state index is 1.09. The Balaban J connectivity index is 2.08. The van der Waals surface area contributed by atoms with Crippen LogP contribution in [0.25, 0.3) is 0 Å². The zero-order valence-corrected chi connectivity index (χ0v) is 10.4. The second-order valence-corrected chi connectivity index (χ2v) is 4.23. The molecule has 1 rings (SSSR count). The van der Waals surface area contributed by atoms with E-state index in [1.165, 1.54) is 24.9 Å². The van der Waals surface area contributed by atoms with Crippen molar-refractivity contribution in [1.82, 2.24) is 15.2 Å². The number of aromatic nitrogens is 1. The summed E-state index contributed by atoms with van der Waals surface area (Å²) >= 11 is 0. The van der Waals surface area contributed by atoms with E-state index in [9.17, 15) is 0 Å². The first-order valence-electron chi connectivity index (χ1n) is 6.05. The van der Waals surface area contributed by atoms with Gasteiger partial charge in [0.15, 0.2) is 0 Å². The Morgan fingerprint density at radius 1 is 1.31 bits per heavy atom. The van der Waals surface area contributed by atoms with Crippen molar-refractivity contribution in [3.05, 3.63) is 30.1 Å². The quantitative estimate of drug-likeness (QED) is 0.675. The van der Waals surface area contributed by atoms with Crippen LogP contribution in [-0.2, 0) is 6.42 Å². The summed E-state index contributed by atoms with van der Waals surface area (Å²) in [7, 11) is 4.20.